The molecule has 4 rings (SSSR count). The quantitative estimate of drug-likeness (QED) is 0.873. The molecule has 0 bridgehead atoms. The van der Waals surface area contributed by atoms with E-state index in [9.17, 15) is 4.79 Å². The number of fused-ring (bicyclic) bond motifs is 1. The molecule has 2 aliphatic heterocycles. The second-order valence-electron chi connectivity index (χ2n) is 6.98. The Labute approximate surface area is 163 Å². The van der Waals surface area contributed by atoms with Crippen LogP contribution in [0.25, 0.3) is 0 Å². The maximum atomic E-state index is 12.5. The van der Waals surface area contributed by atoms with Crippen LogP contribution in [0.3, 0.4) is 0 Å². The van der Waals surface area contributed by atoms with Crippen molar-refractivity contribution in [2.75, 3.05) is 26.8 Å². The Bertz CT molecular complexity index is 797. The van der Waals surface area contributed by atoms with Gasteiger partial charge in [0.25, 0.3) is 5.91 Å². The summed E-state index contributed by atoms with van der Waals surface area (Å²) in [4.78, 5) is 19.0. The zero-order valence-electron chi connectivity index (χ0n) is 15.1. The summed E-state index contributed by atoms with van der Waals surface area (Å²) in [5.41, 5.74) is 1.67. The molecule has 27 heavy (non-hydrogen) atoms. The van der Waals surface area contributed by atoms with Crippen LogP contribution in [0.15, 0.2) is 42.6 Å². The number of carbonyl (C=O) groups is 1. The second kappa shape index (κ2) is 7.84. The largest absolute Gasteiger partial charge is 0.481 e. The predicted molar refractivity (Wildman–Crippen MR) is 102 cm³/mol. The maximum Gasteiger partial charge on any atom is 0.253 e. The summed E-state index contributed by atoms with van der Waals surface area (Å²) in [6.07, 6.45) is 2.47. The average molecular weight is 388 g/mol. The highest BCUT2D eigenvalue weighted by atomic mass is 35.5. The fourth-order valence-electron chi connectivity index (χ4n) is 3.76. The zero-order chi connectivity index (χ0) is 18.8. The van der Waals surface area contributed by atoms with Gasteiger partial charge in [-0.25, -0.2) is 4.98 Å². The Morgan fingerprint density at radius 3 is 2.78 bits per heavy atom. The monoisotopic (exact) mass is 387 g/mol. The summed E-state index contributed by atoms with van der Waals surface area (Å²) >= 11 is 5.97. The van der Waals surface area contributed by atoms with E-state index in [0.29, 0.717) is 24.1 Å². The fraction of sp³-hybridized carbons (Fsp3) is 0.400. The summed E-state index contributed by atoms with van der Waals surface area (Å²) < 4.78 is 11.1. The fourth-order valence-corrected chi connectivity index (χ4v) is 3.89. The number of benzene rings is 1. The van der Waals surface area contributed by atoms with Gasteiger partial charge in [-0.2, -0.15) is 0 Å². The molecule has 6 nitrogen and oxygen atoms in total. The SMILES string of the molecule is COc1ccc(C(=O)N[C@H]2C[C@H]3CO[C@@H](c4ccc(Cl)cc4)CN3C2)cn1. The molecule has 3 heterocycles. The van der Waals surface area contributed by atoms with Crippen molar-refractivity contribution in [3.8, 4) is 5.88 Å². The standard InChI is InChI=1S/C20H22ClN3O3/c1-26-19-7-4-14(9-22-19)20(25)23-16-8-17-12-27-18(11-24(17)10-16)13-2-5-15(21)6-3-13/h2-7,9,16-18H,8,10-12H2,1H3,(H,23,25)/t16-,17-,18+/m0/s1. The van der Waals surface area contributed by atoms with Crippen LogP contribution >= 0.6 is 11.6 Å². The van der Waals surface area contributed by atoms with Crippen molar-refractivity contribution in [3.63, 3.8) is 0 Å². The number of aromatic nitrogens is 1. The van der Waals surface area contributed by atoms with Crippen LogP contribution in [0.4, 0.5) is 0 Å². The molecule has 0 spiro atoms. The van der Waals surface area contributed by atoms with E-state index in [-0.39, 0.29) is 18.1 Å². The van der Waals surface area contributed by atoms with Gasteiger partial charge in [0, 0.05) is 42.5 Å². The van der Waals surface area contributed by atoms with Crippen molar-refractivity contribution in [1.82, 2.24) is 15.2 Å². The van der Waals surface area contributed by atoms with Crippen LogP contribution in [0, 0.1) is 0 Å². The normalized spacial score (nSPS) is 25.0. The highest BCUT2D eigenvalue weighted by Crippen LogP contribution is 2.30. The van der Waals surface area contributed by atoms with Gasteiger partial charge in [0.1, 0.15) is 0 Å². The lowest BCUT2D eigenvalue weighted by Gasteiger charge is -2.35. The number of hydrogen-bond donors (Lipinski definition) is 1. The molecule has 2 saturated heterocycles. The summed E-state index contributed by atoms with van der Waals surface area (Å²) in [7, 11) is 1.55. The first-order valence-corrected chi connectivity index (χ1v) is 9.42. The number of ether oxygens (including phenoxy) is 2. The second-order valence-corrected chi connectivity index (χ2v) is 7.41. The van der Waals surface area contributed by atoms with Crippen molar-refractivity contribution in [3.05, 3.63) is 58.7 Å². The molecule has 0 unspecified atom stereocenters. The van der Waals surface area contributed by atoms with Gasteiger partial charge >= 0.3 is 0 Å². The van der Waals surface area contributed by atoms with Crippen molar-refractivity contribution in [2.45, 2.75) is 24.6 Å². The van der Waals surface area contributed by atoms with Crippen LogP contribution in [0.1, 0.15) is 28.4 Å². The van der Waals surface area contributed by atoms with Crippen molar-refractivity contribution in [2.24, 2.45) is 0 Å². The third-order valence-electron chi connectivity index (χ3n) is 5.20. The van der Waals surface area contributed by atoms with Crippen LogP contribution in [-0.2, 0) is 4.74 Å². The molecule has 2 fully saturated rings. The Kier molecular flexibility index (Phi) is 5.29. The molecular weight excluding hydrogens is 366 g/mol. The molecule has 7 heteroatoms. The van der Waals surface area contributed by atoms with E-state index >= 15 is 0 Å². The zero-order valence-corrected chi connectivity index (χ0v) is 15.9. The minimum atomic E-state index is -0.106. The average Bonchev–Trinajstić information content (AvgIpc) is 3.10. The van der Waals surface area contributed by atoms with Gasteiger partial charge < -0.3 is 14.8 Å². The summed E-state index contributed by atoms with van der Waals surface area (Å²) in [5.74, 6) is 0.389. The molecular formula is C20H22ClN3O3. The molecule has 1 amide bonds. The predicted octanol–water partition coefficient (Wildman–Crippen LogP) is 2.69. The van der Waals surface area contributed by atoms with Gasteiger partial charge in [0.15, 0.2) is 0 Å². The third-order valence-corrected chi connectivity index (χ3v) is 5.45. The number of morpholine rings is 1. The van der Waals surface area contributed by atoms with Gasteiger partial charge in [-0.15, -0.1) is 0 Å². The van der Waals surface area contributed by atoms with Crippen molar-refractivity contribution >= 4 is 17.5 Å². The first-order chi connectivity index (χ1) is 13.1. The van der Waals surface area contributed by atoms with E-state index in [1.807, 2.05) is 24.3 Å². The number of nitrogens with zero attached hydrogens (tertiary/aromatic N) is 2. The number of hydrogen-bond acceptors (Lipinski definition) is 5. The topological polar surface area (TPSA) is 63.7 Å². The Hall–Kier alpha value is -2.15. The summed E-state index contributed by atoms with van der Waals surface area (Å²) in [6, 6.07) is 11.7. The van der Waals surface area contributed by atoms with Crippen LogP contribution < -0.4 is 10.1 Å². The number of rotatable bonds is 4. The summed E-state index contributed by atoms with van der Waals surface area (Å²) in [5, 5.41) is 3.84. The molecule has 0 aliphatic carbocycles. The molecule has 0 radical (unpaired) electrons. The molecule has 1 N–H and O–H groups in total. The minimum absolute atomic E-state index is 0.0405. The lowest BCUT2D eigenvalue weighted by Crippen LogP contribution is -2.43. The maximum absolute atomic E-state index is 12.5. The van der Waals surface area contributed by atoms with Crippen LogP contribution in [-0.4, -0.2) is 54.7 Å². The number of pyridine rings is 1. The van der Waals surface area contributed by atoms with Gasteiger partial charge in [-0.1, -0.05) is 23.7 Å². The molecule has 2 aliphatic rings. The number of carbonyl (C=O) groups excluding carboxylic acids is 1. The van der Waals surface area contributed by atoms with E-state index in [1.165, 1.54) is 6.20 Å². The molecule has 2 aromatic rings. The van der Waals surface area contributed by atoms with Crippen molar-refractivity contribution in [1.29, 1.82) is 0 Å². The van der Waals surface area contributed by atoms with Gasteiger partial charge in [0.05, 0.1) is 25.4 Å². The van der Waals surface area contributed by atoms with Gasteiger partial charge in [-0.3, -0.25) is 9.69 Å². The number of nitrogens with one attached hydrogen (secondary N) is 1. The highest BCUT2D eigenvalue weighted by molar-refractivity contribution is 6.30. The van der Waals surface area contributed by atoms with E-state index in [0.717, 1.165) is 30.1 Å². The van der Waals surface area contributed by atoms with E-state index in [4.69, 9.17) is 21.1 Å². The molecule has 1 aromatic heterocycles. The van der Waals surface area contributed by atoms with Gasteiger partial charge in [0.2, 0.25) is 5.88 Å². The first-order valence-electron chi connectivity index (χ1n) is 9.04. The minimum Gasteiger partial charge on any atom is -0.481 e. The smallest absolute Gasteiger partial charge is 0.253 e. The van der Waals surface area contributed by atoms with Crippen LogP contribution in [0.2, 0.25) is 5.02 Å². The van der Waals surface area contributed by atoms with Crippen LogP contribution in [0.5, 0.6) is 5.88 Å². The molecule has 142 valence electrons. The number of halogens is 1. The first kappa shape index (κ1) is 18.2. The highest BCUT2D eigenvalue weighted by Gasteiger charge is 2.38. The lowest BCUT2D eigenvalue weighted by molar-refractivity contribution is -0.0502. The van der Waals surface area contributed by atoms with E-state index in [1.54, 1.807) is 19.2 Å². The van der Waals surface area contributed by atoms with E-state index in [2.05, 4.69) is 15.2 Å². The summed E-state index contributed by atoms with van der Waals surface area (Å²) in [6.45, 7) is 2.32. The Balaban J connectivity index is 1.35. The molecule has 0 saturated carbocycles. The van der Waals surface area contributed by atoms with Crippen molar-refractivity contribution < 1.29 is 14.3 Å². The number of methoxy groups -OCH3 is 1. The van der Waals surface area contributed by atoms with Gasteiger partial charge in [-0.05, 0) is 30.2 Å². The molecule has 1 aromatic carbocycles. The number of amides is 1. The Morgan fingerprint density at radius 2 is 2.07 bits per heavy atom. The van der Waals surface area contributed by atoms with E-state index < -0.39 is 0 Å². The molecule has 3 atom stereocenters. The lowest BCUT2D eigenvalue weighted by atomic mass is 10.1. The Morgan fingerprint density at radius 1 is 1.26 bits per heavy atom. The third kappa shape index (κ3) is 4.08.